The first-order valence-corrected chi connectivity index (χ1v) is 14.5. The van der Waals surface area contributed by atoms with Gasteiger partial charge in [0.15, 0.2) is 35.7 Å². The minimum atomic E-state index is 0. The van der Waals surface area contributed by atoms with Crippen LogP contribution in [-0.4, -0.2) is 26.3 Å². The molecule has 0 aliphatic carbocycles. The monoisotopic (exact) mass is 615 g/mol. The van der Waals surface area contributed by atoms with Crippen molar-refractivity contribution >= 4 is 33.3 Å². The Morgan fingerprint density at radius 2 is 1.70 bits per heavy atom. The molecule has 0 saturated heterocycles. The topological polar surface area (TPSA) is 40.8 Å². The van der Waals surface area contributed by atoms with Gasteiger partial charge in [0.1, 0.15) is 0 Å². The predicted octanol–water partition coefficient (Wildman–Crippen LogP) is 4.20. The molecule has 0 radical (unpaired) electrons. The Morgan fingerprint density at radius 1 is 0.875 bits per heavy atom. The standard InChI is InChI=1S/C33H30NO4S.BrH/c1-35-30-11-9-24-17-29-27-19-32-31(37-21-38-32)18-25(27)12-13-34(29)20-28(24)33(30)36-14-4-5-15-39-26-10-8-22-6-2-3-7-23(22)16-26;/h2-3,6-11,16-20H,4-5,12-15,21H2,1H3;1H/q+1;/p-1. The van der Waals surface area contributed by atoms with Crippen molar-refractivity contribution in [1.82, 2.24) is 0 Å². The van der Waals surface area contributed by atoms with Gasteiger partial charge in [0, 0.05) is 17.4 Å². The second kappa shape index (κ2) is 11.6. The van der Waals surface area contributed by atoms with Crippen molar-refractivity contribution in [3.8, 4) is 34.3 Å². The SMILES string of the molecule is COc1ccc2cc3[n+](cc2c1OCCCCSc1ccc2ccccc2c1)CCc1cc2c(cc1-3)OCO2.[Br-]. The van der Waals surface area contributed by atoms with Crippen LogP contribution in [0.15, 0.2) is 83.9 Å². The maximum atomic E-state index is 6.39. The molecule has 7 heteroatoms. The van der Waals surface area contributed by atoms with Crippen LogP contribution in [0.2, 0.25) is 0 Å². The Hall–Kier alpha value is -3.42. The van der Waals surface area contributed by atoms with Crippen molar-refractivity contribution in [3.63, 3.8) is 0 Å². The van der Waals surface area contributed by atoms with E-state index in [0.717, 1.165) is 65.3 Å². The molecular weight excluding hydrogens is 586 g/mol. The number of halogens is 1. The highest BCUT2D eigenvalue weighted by Crippen LogP contribution is 2.41. The van der Waals surface area contributed by atoms with Crippen molar-refractivity contribution in [3.05, 3.63) is 84.6 Å². The maximum Gasteiger partial charge on any atom is 0.231 e. The van der Waals surface area contributed by atoms with Gasteiger partial charge >= 0.3 is 0 Å². The third kappa shape index (κ3) is 5.08. The summed E-state index contributed by atoms with van der Waals surface area (Å²) in [5, 5.41) is 4.79. The lowest BCUT2D eigenvalue weighted by Gasteiger charge is -2.18. The Bertz CT molecular complexity index is 1710. The van der Waals surface area contributed by atoms with Gasteiger partial charge in [-0.05, 0) is 76.7 Å². The van der Waals surface area contributed by atoms with E-state index in [-0.39, 0.29) is 17.0 Å². The van der Waals surface area contributed by atoms with Gasteiger partial charge in [0.25, 0.3) is 0 Å². The van der Waals surface area contributed by atoms with E-state index in [1.807, 2.05) is 17.8 Å². The minimum absolute atomic E-state index is 0. The zero-order chi connectivity index (χ0) is 26.2. The van der Waals surface area contributed by atoms with Crippen LogP contribution >= 0.6 is 11.8 Å². The molecule has 0 N–H and O–H groups in total. The van der Waals surface area contributed by atoms with E-state index in [2.05, 4.69) is 77.5 Å². The lowest BCUT2D eigenvalue weighted by atomic mass is 9.95. The summed E-state index contributed by atoms with van der Waals surface area (Å²) in [6.07, 6.45) is 5.23. The van der Waals surface area contributed by atoms with Gasteiger partial charge in [-0.1, -0.05) is 30.3 Å². The molecule has 0 amide bonds. The van der Waals surface area contributed by atoms with Gasteiger partial charge in [-0.15, -0.1) is 11.8 Å². The molecule has 0 bridgehead atoms. The molecule has 1 aromatic heterocycles. The quantitative estimate of drug-likeness (QED) is 0.149. The number of pyridine rings is 1. The van der Waals surface area contributed by atoms with Gasteiger partial charge < -0.3 is 35.9 Å². The number of rotatable bonds is 8. The molecule has 2 aliphatic heterocycles. The summed E-state index contributed by atoms with van der Waals surface area (Å²) in [5.74, 6) is 4.33. The van der Waals surface area contributed by atoms with Crippen molar-refractivity contribution in [2.24, 2.45) is 0 Å². The molecule has 7 rings (SSSR count). The normalized spacial score (nSPS) is 13.0. The zero-order valence-electron chi connectivity index (χ0n) is 22.3. The smallest absolute Gasteiger partial charge is 0.231 e. The number of hydrogen-bond acceptors (Lipinski definition) is 5. The largest absolute Gasteiger partial charge is 1.00 e. The van der Waals surface area contributed by atoms with E-state index >= 15 is 0 Å². The number of aromatic nitrogens is 1. The van der Waals surface area contributed by atoms with E-state index < -0.39 is 0 Å². The molecule has 3 heterocycles. The molecular formula is C33H30BrNO4S. The number of thioether (sulfide) groups is 1. The van der Waals surface area contributed by atoms with Gasteiger partial charge in [0.05, 0.1) is 24.7 Å². The van der Waals surface area contributed by atoms with Crippen LogP contribution in [0.25, 0.3) is 32.8 Å². The number of fused-ring (bicyclic) bond motifs is 6. The first-order chi connectivity index (χ1) is 19.3. The van der Waals surface area contributed by atoms with Crippen LogP contribution in [-0.2, 0) is 13.0 Å². The summed E-state index contributed by atoms with van der Waals surface area (Å²) in [4.78, 5) is 1.32. The molecule has 0 unspecified atom stereocenters. The molecule has 5 aromatic rings. The average Bonchev–Trinajstić information content (AvgIpc) is 3.44. The van der Waals surface area contributed by atoms with Crippen LogP contribution < -0.4 is 40.5 Å². The Morgan fingerprint density at radius 3 is 2.58 bits per heavy atom. The summed E-state index contributed by atoms with van der Waals surface area (Å²) >= 11 is 1.91. The average molecular weight is 617 g/mol. The van der Waals surface area contributed by atoms with Crippen LogP contribution in [0.3, 0.4) is 0 Å². The third-order valence-electron chi connectivity index (χ3n) is 7.57. The zero-order valence-corrected chi connectivity index (χ0v) is 24.7. The first-order valence-electron chi connectivity index (χ1n) is 13.5. The van der Waals surface area contributed by atoms with Crippen LogP contribution in [0.4, 0.5) is 0 Å². The lowest BCUT2D eigenvalue weighted by Crippen LogP contribution is -3.00. The van der Waals surface area contributed by atoms with Gasteiger partial charge in [-0.2, -0.15) is 4.57 Å². The summed E-state index contributed by atoms with van der Waals surface area (Å²) in [7, 11) is 1.71. The van der Waals surface area contributed by atoms with Gasteiger partial charge in [-0.3, -0.25) is 0 Å². The molecule has 4 aromatic carbocycles. The third-order valence-corrected chi connectivity index (χ3v) is 8.65. The Kier molecular flexibility index (Phi) is 7.76. The van der Waals surface area contributed by atoms with E-state index in [9.17, 15) is 0 Å². The van der Waals surface area contributed by atoms with E-state index in [0.29, 0.717) is 13.4 Å². The van der Waals surface area contributed by atoms with E-state index in [1.54, 1.807) is 7.11 Å². The Balaban J connectivity index is 0.00000289. The molecule has 2 aliphatic rings. The molecule has 204 valence electrons. The van der Waals surface area contributed by atoms with Crippen LogP contribution in [0.1, 0.15) is 18.4 Å². The fraction of sp³-hybridized carbons (Fsp3) is 0.242. The predicted molar refractivity (Wildman–Crippen MR) is 155 cm³/mol. The molecule has 0 fully saturated rings. The molecule has 5 nitrogen and oxygen atoms in total. The number of hydrogen-bond donors (Lipinski definition) is 0. The molecule has 0 spiro atoms. The number of benzene rings is 4. The summed E-state index contributed by atoms with van der Waals surface area (Å²) in [6.45, 7) is 1.85. The molecule has 0 atom stereocenters. The first kappa shape index (κ1) is 26.8. The fourth-order valence-corrected chi connectivity index (χ4v) is 6.49. The second-order valence-electron chi connectivity index (χ2n) is 9.98. The van der Waals surface area contributed by atoms with Gasteiger partial charge in [-0.25, -0.2) is 0 Å². The number of unbranched alkanes of at least 4 members (excludes halogenated alkanes) is 1. The highest BCUT2D eigenvalue weighted by molar-refractivity contribution is 7.99. The highest BCUT2D eigenvalue weighted by atomic mass is 79.9. The van der Waals surface area contributed by atoms with Crippen LogP contribution in [0.5, 0.6) is 23.0 Å². The Labute approximate surface area is 248 Å². The van der Waals surface area contributed by atoms with Crippen molar-refractivity contribution in [1.29, 1.82) is 0 Å². The summed E-state index contributed by atoms with van der Waals surface area (Å²) < 4.78 is 25.7. The summed E-state index contributed by atoms with van der Waals surface area (Å²) in [6, 6.07) is 25.8. The van der Waals surface area contributed by atoms with E-state index in [1.165, 1.54) is 32.5 Å². The van der Waals surface area contributed by atoms with Crippen molar-refractivity contribution in [2.75, 3.05) is 26.3 Å². The van der Waals surface area contributed by atoms with Gasteiger partial charge in [0.2, 0.25) is 12.5 Å². The number of aryl methyl sites for hydroxylation is 2. The summed E-state index contributed by atoms with van der Waals surface area (Å²) in [5.41, 5.74) is 3.68. The van der Waals surface area contributed by atoms with Crippen LogP contribution in [0, 0.1) is 0 Å². The molecule has 40 heavy (non-hydrogen) atoms. The highest BCUT2D eigenvalue weighted by Gasteiger charge is 2.28. The van der Waals surface area contributed by atoms with Crippen molar-refractivity contribution in [2.45, 2.75) is 30.7 Å². The van der Waals surface area contributed by atoms with Crippen molar-refractivity contribution < 1.29 is 40.5 Å². The number of nitrogens with zero attached hydrogens (tertiary/aromatic N) is 1. The fourth-order valence-electron chi connectivity index (χ4n) is 5.53. The van der Waals surface area contributed by atoms with E-state index in [4.69, 9.17) is 18.9 Å². The maximum absolute atomic E-state index is 6.39. The second-order valence-corrected chi connectivity index (χ2v) is 11.1. The lowest BCUT2D eigenvalue weighted by molar-refractivity contribution is -0.686. The number of ether oxygens (including phenoxy) is 4. The number of methoxy groups -OCH3 is 1. The minimum Gasteiger partial charge on any atom is -1.00 e. The molecule has 0 saturated carbocycles.